The molecular weight excluding hydrogens is 244 g/mol. The Morgan fingerprint density at radius 1 is 1.10 bits per heavy atom. The van der Waals surface area contributed by atoms with Crippen LogP contribution in [0, 0.1) is 5.92 Å². The zero-order valence-corrected chi connectivity index (χ0v) is 14.1. The van der Waals surface area contributed by atoms with Crippen LogP contribution in [0.2, 0.25) is 0 Å². The van der Waals surface area contributed by atoms with E-state index in [1.807, 2.05) is 7.05 Å². The normalized spacial score (nSPS) is 15.1. The molecule has 1 aromatic carbocycles. The highest BCUT2D eigenvalue weighted by molar-refractivity contribution is 5.25. The molecule has 2 heteroatoms. The second kappa shape index (κ2) is 7.80. The Hall–Kier alpha value is -0.860. The molecule has 1 N–H and O–H groups in total. The summed E-state index contributed by atoms with van der Waals surface area (Å²) in [6, 6.07) is 11.5. The van der Waals surface area contributed by atoms with Crippen LogP contribution >= 0.6 is 0 Å². The summed E-state index contributed by atoms with van der Waals surface area (Å²) in [6.07, 6.45) is 0. The molecule has 1 atom stereocenters. The molecule has 0 aliphatic heterocycles. The highest BCUT2D eigenvalue weighted by Crippen LogP contribution is 2.25. The molecule has 1 unspecified atom stereocenters. The Morgan fingerprint density at radius 2 is 1.70 bits per heavy atom. The Labute approximate surface area is 125 Å². The van der Waals surface area contributed by atoms with Gasteiger partial charge in [-0.15, -0.1) is 0 Å². The predicted molar refractivity (Wildman–Crippen MR) is 89.3 cm³/mol. The number of rotatable bonds is 8. The zero-order valence-electron chi connectivity index (χ0n) is 14.1. The van der Waals surface area contributed by atoms with E-state index in [-0.39, 0.29) is 5.41 Å². The van der Waals surface area contributed by atoms with E-state index >= 15 is 0 Å². The summed E-state index contributed by atoms with van der Waals surface area (Å²) >= 11 is 0. The second-order valence-electron chi connectivity index (χ2n) is 6.87. The minimum absolute atomic E-state index is 0.148. The van der Waals surface area contributed by atoms with Crippen molar-refractivity contribution in [2.75, 3.05) is 26.7 Å². The largest absolute Gasteiger partial charge is 0.319 e. The summed E-state index contributed by atoms with van der Waals surface area (Å²) in [5, 5.41) is 3.38. The standard InChI is InChI=1S/C18H32N2/c1-15(2)12-20(16(3)4)14-18(5,13-19-6)17-10-8-7-9-11-17/h7-11,15-16,19H,12-14H2,1-6H3. The monoisotopic (exact) mass is 276 g/mol. The lowest BCUT2D eigenvalue weighted by molar-refractivity contribution is 0.155. The maximum absolute atomic E-state index is 3.38. The van der Waals surface area contributed by atoms with Crippen LogP contribution in [0.4, 0.5) is 0 Å². The third-order valence-electron chi connectivity index (χ3n) is 3.92. The molecule has 0 saturated heterocycles. The van der Waals surface area contributed by atoms with Gasteiger partial charge in [-0.25, -0.2) is 0 Å². The highest BCUT2D eigenvalue weighted by Gasteiger charge is 2.29. The maximum atomic E-state index is 3.38. The Morgan fingerprint density at radius 3 is 2.15 bits per heavy atom. The first-order valence-corrected chi connectivity index (χ1v) is 7.83. The molecule has 0 heterocycles. The van der Waals surface area contributed by atoms with Crippen molar-refractivity contribution in [3.63, 3.8) is 0 Å². The summed E-state index contributed by atoms with van der Waals surface area (Å²) in [7, 11) is 2.04. The van der Waals surface area contributed by atoms with Gasteiger partial charge in [0, 0.05) is 31.1 Å². The van der Waals surface area contributed by atoms with Crippen molar-refractivity contribution in [3.8, 4) is 0 Å². The van der Waals surface area contributed by atoms with E-state index in [0.29, 0.717) is 12.0 Å². The van der Waals surface area contributed by atoms with Gasteiger partial charge in [-0.05, 0) is 32.4 Å². The van der Waals surface area contributed by atoms with Crippen LogP contribution < -0.4 is 5.32 Å². The molecule has 20 heavy (non-hydrogen) atoms. The smallest absolute Gasteiger partial charge is 0.0177 e. The van der Waals surface area contributed by atoms with E-state index in [9.17, 15) is 0 Å². The van der Waals surface area contributed by atoms with Crippen molar-refractivity contribution >= 4 is 0 Å². The van der Waals surface area contributed by atoms with Gasteiger partial charge in [-0.2, -0.15) is 0 Å². The number of hydrogen-bond acceptors (Lipinski definition) is 2. The van der Waals surface area contributed by atoms with Gasteiger partial charge >= 0.3 is 0 Å². The van der Waals surface area contributed by atoms with Gasteiger partial charge in [0.15, 0.2) is 0 Å². The van der Waals surface area contributed by atoms with Crippen LogP contribution in [0.25, 0.3) is 0 Å². The average molecular weight is 276 g/mol. The van der Waals surface area contributed by atoms with E-state index in [1.165, 1.54) is 5.56 Å². The number of hydrogen-bond donors (Lipinski definition) is 1. The Kier molecular flexibility index (Phi) is 6.70. The SMILES string of the molecule is CNCC(C)(CN(CC(C)C)C(C)C)c1ccccc1. The molecule has 1 rings (SSSR count). The molecule has 0 aliphatic carbocycles. The summed E-state index contributed by atoms with van der Waals surface area (Å²) in [6.45, 7) is 14.8. The number of benzene rings is 1. The average Bonchev–Trinajstić information content (AvgIpc) is 2.38. The lowest BCUT2D eigenvalue weighted by Crippen LogP contribution is -2.48. The fourth-order valence-electron chi connectivity index (χ4n) is 2.86. The van der Waals surface area contributed by atoms with Crippen molar-refractivity contribution < 1.29 is 0 Å². The van der Waals surface area contributed by atoms with Gasteiger partial charge in [0.2, 0.25) is 0 Å². The van der Waals surface area contributed by atoms with E-state index in [0.717, 1.165) is 19.6 Å². The predicted octanol–water partition coefficient (Wildman–Crippen LogP) is 3.53. The maximum Gasteiger partial charge on any atom is 0.0177 e. The van der Waals surface area contributed by atoms with Crippen molar-refractivity contribution in [2.45, 2.75) is 46.1 Å². The quantitative estimate of drug-likeness (QED) is 0.781. The minimum Gasteiger partial charge on any atom is -0.319 e. The van der Waals surface area contributed by atoms with Crippen molar-refractivity contribution in [3.05, 3.63) is 35.9 Å². The molecule has 0 bridgehead atoms. The van der Waals surface area contributed by atoms with Gasteiger partial charge in [-0.3, -0.25) is 4.90 Å². The second-order valence-corrected chi connectivity index (χ2v) is 6.87. The lowest BCUT2D eigenvalue weighted by atomic mass is 9.81. The van der Waals surface area contributed by atoms with E-state index in [4.69, 9.17) is 0 Å². The van der Waals surface area contributed by atoms with Crippen LogP contribution in [-0.2, 0) is 5.41 Å². The van der Waals surface area contributed by atoms with Crippen LogP contribution in [-0.4, -0.2) is 37.6 Å². The van der Waals surface area contributed by atoms with Crippen LogP contribution in [0.1, 0.15) is 40.2 Å². The molecule has 1 aromatic rings. The Balaban J connectivity index is 2.94. The first-order valence-electron chi connectivity index (χ1n) is 7.83. The topological polar surface area (TPSA) is 15.3 Å². The first-order chi connectivity index (χ1) is 9.39. The minimum atomic E-state index is 0.148. The summed E-state index contributed by atoms with van der Waals surface area (Å²) < 4.78 is 0. The third-order valence-corrected chi connectivity index (χ3v) is 3.92. The van der Waals surface area contributed by atoms with E-state index in [2.05, 4.69) is 75.2 Å². The van der Waals surface area contributed by atoms with Gasteiger partial charge < -0.3 is 5.32 Å². The molecule has 0 saturated carbocycles. The summed E-state index contributed by atoms with van der Waals surface area (Å²) in [4.78, 5) is 2.61. The fraction of sp³-hybridized carbons (Fsp3) is 0.667. The molecule has 0 aliphatic rings. The summed E-state index contributed by atoms with van der Waals surface area (Å²) in [5.41, 5.74) is 1.57. The molecule has 0 fully saturated rings. The van der Waals surface area contributed by atoms with Crippen molar-refractivity contribution in [1.29, 1.82) is 0 Å². The molecule has 0 amide bonds. The lowest BCUT2D eigenvalue weighted by Gasteiger charge is -2.39. The Bertz CT molecular complexity index is 372. The number of nitrogens with one attached hydrogen (secondary N) is 1. The van der Waals surface area contributed by atoms with E-state index in [1.54, 1.807) is 0 Å². The number of nitrogens with zero attached hydrogens (tertiary/aromatic N) is 1. The number of likely N-dealkylation sites (N-methyl/N-ethyl adjacent to an activating group) is 1. The first kappa shape index (κ1) is 17.2. The summed E-state index contributed by atoms with van der Waals surface area (Å²) in [5.74, 6) is 0.701. The molecule has 0 spiro atoms. The van der Waals surface area contributed by atoms with Crippen LogP contribution in [0.5, 0.6) is 0 Å². The van der Waals surface area contributed by atoms with Crippen LogP contribution in [0.15, 0.2) is 30.3 Å². The van der Waals surface area contributed by atoms with Crippen LogP contribution in [0.3, 0.4) is 0 Å². The van der Waals surface area contributed by atoms with Gasteiger partial charge in [0.05, 0.1) is 0 Å². The van der Waals surface area contributed by atoms with Gasteiger partial charge in [0.1, 0.15) is 0 Å². The molecule has 114 valence electrons. The molecule has 0 radical (unpaired) electrons. The fourth-order valence-corrected chi connectivity index (χ4v) is 2.86. The highest BCUT2D eigenvalue weighted by atomic mass is 15.2. The molecule has 0 aromatic heterocycles. The third kappa shape index (κ3) is 4.92. The van der Waals surface area contributed by atoms with Crippen molar-refractivity contribution in [2.24, 2.45) is 5.92 Å². The molecule has 2 nitrogen and oxygen atoms in total. The van der Waals surface area contributed by atoms with E-state index < -0.39 is 0 Å². The molecular formula is C18H32N2. The van der Waals surface area contributed by atoms with Gasteiger partial charge in [0.25, 0.3) is 0 Å². The van der Waals surface area contributed by atoms with Gasteiger partial charge in [-0.1, -0.05) is 51.1 Å². The van der Waals surface area contributed by atoms with Crippen molar-refractivity contribution in [1.82, 2.24) is 10.2 Å². The zero-order chi connectivity index (χ0) is 15.2.